The minimum atomic E-state index is -1.14. The lowest BCUT2D eigenvalue weighted by Gasteiger charge is -2.34. The third kappa shape index (κ3) is 5.69. The van der Waals surface area contributed by atoms with Crippen molar-refractivity contribution in [3.05, 3.63) is 70.5 Å². The minimum absolute atomic E-state index is 0.249. The Hall–Kier alpha value is -2.20. The van der Waals surface area contributed by atoms with Gasteiger partial charge in [0.25, 0.3) is 0 Å². The van der Waals surface area contributed by atoms with Gasteiger partial charge in [0.05, 0.1) is 37.1 Å². The maximum Gasteiger partial charge on any atom is 0.219 e. The first-order valence-corrected chi connectivity index (χ1v) is 13.1. The Labute approximate surface area is 221 Å². The Morgan fingerprint density at radius 3 is 2.47 bits per heavy atom. The van der Waals surface area contributed by atoms with Gasteiger partial charge in [0.15, 0.2) is 0 Å². The average molecular weight is 533 g/mol. The maximum absolute atomic E-state index is 6.53. The Bertz CT molecular complexity index is 1140. The second kappa shape index (κ2) is 11.0. The number of nitrogens with one attached hydrogen (secondary N) is 1. The number of piperazine rings is 1. The number of aromatic nitrogens is 3. The Kier molecular flexibility index (Phi) is 7.81. The van der Waals surface area contributed by atoms with Gasteiger partial charge in [0.2, 0.25) is 5.79 Å². The van der Waals surface area contributed by atoms with Crippen LogP contribution in [-0.2, 0) is 21.8 Å². The quantitative estimate of drug-likeness (QED) is 0.480. The van der Waals surface area contributed by atoms with Gasteiger partial charge in [-0.2, -0.15) is 15.0 Å². The summed E-state index contributed by atoms with van der Waals surface area (Å²) in [7, 11) is 0. The van der Waals surface area contributed by atoms with E-state index in [9.17, 15) is 0 Å². The number of ether oxygens (including phenoxy) is 3. The van der Waals surface area contributed by atoms with Crippen molar-refractivity contribution in [1.29, 1.82) is 0 Å². The molecule has 2 atom stereocenters. The van der Waals surface area contributed by atoms with E-state index < -0.39 is 5.79 Å². The van der Waals surface area contributed by atoms with Gasteiger partial charge < -0.3 is 19.1 Å². The molecule has 3 aromatic rings. The van der Waals surface area contributed by atoms with E-state index in [1.807, 2.05) is 18.2 Å². The summed E-state index contributed by atoms with van der Waals surface area (Å²) in [4.78, 5) is 5.57. The van der Waals surface area contributed by atoms with Crippen LogP contribution >= 0.6 is 23.2 Å². The topological polar surface area (TPSA) is 66.1 Å². The first-order chi connectivity index (χ1) is 17.4. The molecule has 1 N–H and O–H groups in total. The van der Waals surface area contributed by atoms with E-state index >= 15 is 0 Å². The monoisotopic (exact) mass is 532 g/mol. The zero-order valence-corrected chi connectivity index (χ0v) is 22.1. The van der Waals surface area contributed by atoms with Gasteiger partial charge in [-0.25, -0.2) is 0 Å². The summed E-state index contributed by atoms with van der Waals surface area (Å²) in [6.07, 6.45) is 2.94. The average Bonchev–Trinajstić information content (AvgIpc) is 3.54. The van der Waals surface area contributed by atoms with Crippen molar-refractivity contribution in [2.24, 2.45) is 0 Å². The molecule has 36 heavy (non-hydrogen) atoms. The van der Waals surface area contributed by atoms with Gasteiger partial charge in [-0.05, 0) is 38.1 Å². The fourth-order valence-corrected chi connectivity index (χ4v) is 5.39. The molecule has 8 nitrogen and oxygen atoms in total. The van der Waals surface area contributed by atoms with Crippen molar-refractivity contribution < 1.29 is 19.1 Å². The molecule has 0 spiro atoms. The zero-order chi connectivity index (χ0) is 25.1. The van der Waals surface area contributed by atoms with Crippen molar-refractivity contribution in [2.45, 2.75) is 38.3 Å². The van der Waals surface area contributed by atoms with Gasteiger partial charge in [-0.1, -0.05) is 29.3 Å². The van der Waals surface area contributed by atoms with E-state index in [0.29, 0.717) is 34.9 Å². The lowest BCUT2D eigenvalue weighted by Crippen LogP contribution is -3.10. The highest BCUT2D eigenvalue weighted by Gasteiger charge is 2.46. The van der Waals surface area contributed by atoms with Crippen LogP contribution in [0.1, 0.15) is 19.4 Å². The molecule has 2 saturated heterocycles. The van der Waals surface area contributed by atoms with Crippen LogP contribution in [0.15, 0.2) is 54.9 Å². The number of benzene rings is 2. The molecule has 1 unspecified atom stereocenters. The van der Waals surface area contributed by atoms with Crippen molar-refractivity contribution in [3.63, 3.8) is 0 Å². The highest BCUT2D eigenvalue weighted by atomic mass is 35.5. The molecule has 0 aliphatic carbocycles. The van der Waals surface area contributed by atoms with Crippen molar-refractivity contribution in [3.8, 4) is 5.75 Å². The summed E-state index contributed by atoms with van der Waals surface area (Å²) in [5, 5.41) is 9.44. The fourth-order valence-electron chi connectivity index (χ4n) is 4.84. The van der Waals surface area contributed by atoms with E-state index in [2.05, 4.69) is 41.1 Å². The van der Waals surface area contributed by atoms with Gasteiger partial charge in [0.1, 0.15) is 30.7 Å². The molecule has 0 saturated carbocycles. The number of hydrogen-bond donors (Lipinski definition) is 1. The smallest absolute Gasteiger partial charge is 0.219 e. The number of nitrogens with zero attached hydrogens (tertiary/aromatic N) is 4. The summed E-state index contributed by atoms with van der Waals surface area (Å²) in [6, 6.07) is 14.2. The van der Waals surface area contributed by atoms with Gasteiger partial charge in [-0.3, -0.25) is 4.90 Å². The molecule has 2 aliphatic heterocycles. The number of quaternary nitrogens is 1. The molecular formula is C26H32Cl2N5O3+. The zero-order valence-electron chi connectivity index (χ0n) is 20.6. The van der Waals surface area contributed by atoms with Crippen LogP contribution < -0.4 is 9.64 Å². The number of rotatable bonds is 8. The van der Waals surface area contributed by atoms with Crippen LogP contribution in [0.25, 0.3) is 0 Å². The van der Waals surface area contributed by atoms with E-state index in [-0.39, 0.29) is 12.6 Å². The molecule has 192 valence electrons. The van der Waals surface area contributed by atoms with Gasteiger partial charge >= 0.3 is 0 Å². The number of hydrogen-bond acceptors (Lipinski definition) is 6. The van der Waals surface area contributed by atoms with E-state index in [4.69, 9.17) is 37.4 Å². The standard InChI is InChI=1S/C26H31Cl2N5O3/c1-19(2)31-11-13-32(14-12-31)21-4-6-22(7-5-21)34-16-23-17-35-26(36-23,18-33-29-9-10-30-33)24-8-3-20(27)15-25(24)28/h3-10,15,19,23H,11-14,16-18H2,1-2H3/p+1/t23-,26?/m0/s1. The molecule has 2 fully saturated rings. The summed E-state index contributed by atoms with van der Waals surface area (Å²) in [5.74, 6) is -0.335. The lowest BCUT2D eigenvalue weighted by molar-refractivity contribution is -0.838. The molecular weight excluding hydrogens is 501 g/mol. The predicted octanol–water partition coefficient (Wildman–Crippen LogP) is 3.17. The second-order valence-corrected chi connectivity index (χ2v) is 10.4. The molecule has 0 bridgehead atoms. The third-order valence-corrected chi connectivity index (χ3v) is 7.40. The molecule has 10 heteroatoms. The van der Waals surface area contributed by atoms with Crippen LogP contribution in [0.2, 0.25) is 10.0 Å². The summed E-state index contributed by atoms with van der Waals surface area (Å²) < 4.78 is 18.7. The molecule has 1 aromatic heterocycles. The molecule has 3 heterocycles. The normalized spacial score (nSPS) is 23.4. The molecule has 2 aromatic carbocycles. The van der Waals surface area contributed by atoms with Crippen LogP contribution in [0.3, 0.4) is 0 Å². The molecule has 2 aliphatic rings. The van der Waals surface area contributed by atoms with Crippen LogP contribution in [-0.4, -0.2) is 71.4 Å². The van der Waals surface area contributed by atoms with Crippen LogP contribution in [0, 0.1) is 0 Å². The Balaban J connectivity index is 1.21. The van der Waals surface area contributed by atoms with Crippen molar-refractivity contribution in [1.82, 2.24) is 19.9 Å². The molecule has 0 radical (unpaired) electrons. The van der Waals surface area contributed by atoms with E-state index in [0.717, 1.165) is 31.9 Å². The van der Waals surface area contributed by atoms with Crippen LogP contribution in [0.4, 0.5) is 5.69 Å². The maximum atomic E-state index is 6.53. The second-order valence-electron chi connectivity index (χ2n) is 9.56. The summed E-state index contributed by atoms with van der Waals surface area (Å²) in [5.41, 5.74) is 1.98. The predicted molar refractivity (Wildman–Crippen MR) is 138 cm³/mol. The molecule has 5 rings (SSSR count). The Morgan fingerprint density at radius 2 is 1.81 bits per heavy atom. The lowest BCUT2D eigenvalue weighted by atomic mass is 10.1. The largest absolute Gasteiger partial charge is 0.491 e. The van der Waals surface area contributed by atoms with Gasteiger partial charge in [0, 0.05) is 41.9 Å². The third-order valence-electron chi connectivity index (χ3n) is 6.85. The van der Waals surface area contributed by atoms with Crippen molar-refractivity contribution >= 4 is 28.9 Å². The van der Waals surface area contributed by atoms with E-state index in [1.54, 1.807) is 24.5 Å². The summed E-state index contributed by atoms with van der Waals surface area (Å²) >= 11 is 12.6. The highest BCUT2D eigenvalue weighted by Crippen LogP contribution is 2.40. The SMILES string of the molecule is CC(C)N1CC[NH+](c2ccc(OC[C@H]3COC(Cn4nccn4)(c4ccc(Cl)cc4Cl)O3)cc2)CC1. The van der Waals surface area contributed by atoms with Crippen molar-refractivity contribution in [2.75, 3.05) is 39.4 Å². The van der Waals surface area contributed by atoms with Crippen LogP contribution in [0.5, 0.6) is 5.75 Å². The Morgan fingerprint density at radius 1 is 1.08 bits per heavy atom. The fraction of sp³-hybridized carbons (Fsp3) is 0.462. The highest BCUT2D eigenvalue weighted by molar-refractivity contribution is 6.35. The van der Waals surface area contributed by atoms with Gasteiger partial charge in [-0.15, -0.1) is 0 Å². The summed E-state index contributed by atoms with van der Waals surface area (Å²) in [6.45, 7) is 9.95. The first kappa shape index (κ1) is 25.4. The first-order valence-electron chi connectivity index (χ1n) is 12.4. The number of halogens is 2. The minimum Gasteiger partial charge on any atom is -0.491 e. The van der Waals surface area contributed by atoms with E-state index in [1.165, 1.54) is 15.4 Å². The molecule has 0 amide bonds.